The van der Waals surface area contributed by atoms with Crippen LogP contribution in [-0.2, 0) is 16.0 Å². The molecule has 1 atom stereocenters. The second-order valence-corrected chi connectivity index (χ2v) is 6.30. The summed E-state index contributed by atoms with van der Waals surface area (Å²) in [6, 6.07) is 15.2. The van der Waals surface area contributed by atoms with Crippen molar-refractivity contribution in [2.24, 2.45) is 0 Å². The van der Waals surface area contributed by atoms with Crippen LogP contribution in [0.1, 0.15) is 17.2 Å². The van der Waals surface area contributed by atoms with E-state index in [9.17, 15) is 4.79 Å². The molecule has 0 aromatic heterocycles. The van der Waals surface area contributed by atoms with Gasteiger partial charge in [0.1, 0.15) is 6.10 Å². The molecule has 23 heavy (non-hydrogen) atoms. The van der Waals surface area contributed by atoms with E-state index >= 15 is 0 Å². The Morgan fingerprint density at radius 2 is 1.78 bits per heavy atom. The third-order valence-electron chi connectivity index (χ3n) is 3.98. The molecule has 3 rings (SSSR count). The number of carbonyl (C=O) groups is 1. The summed E-state index contributed by atoms with van der Waals surface area (Å²) >= 11 is 12.3. The number of carbonyl (C=O) groups excluding carboxylic acids is 1. The smallest absolute Gasteiger partial charge is 0.227 e. The molecule has 2 aromatic rings. The molecule has 1 heterocycles. The monoisotopic (exact) mass is 349 g/mol. The summed E-state index contributed by atoms with van der Waals surface area (Å²) in [5.41, 5.74) is 1.77. The van der Waals surface area contributed by atoms with Gasteiger partial charge in [-0.2, -0.15) is 0 Å². The Bertz CT molecular complexity index is 670. The molecule has 0 saturated carbocycles. The van der Waals surface area contributed by atoms with E-state index in [1.54, 1.807) is 18.2 Å². The van der Waals surface area contributed by atoms with E-state index in [1.807, 2.05) is 35.2 Å². The van der Waals surface area contributed by atoms with Crippen LogP contribution in [0.2, 0.25) is 10.0 Å². The van der Waals surface area contributed by atoms with Crippen LogP contribution in [-0.4, -0.2) is 30.5 Å². The number of hydrogen-bond donors (Lipinski definition) is 0. The lowest BCUT2D eigenvalue weighted by Gasteiger charge is -2.33. The van der Waals surface area contributed by atoms with Crippen molar-refractivity contribution in [1.82, 2.24) is 4.90 Å². The van der Waals surface area contributed by atoms with Gasteiger partial charge in [-0.25, -0.2) is 0 Å². The van der Waals surface area contributed by atoms with Gasteiger partial charge in [0.2, 0.25) is 5.91 Å². The second kappa shape index (κ2) is 7.35. The minimum atomic E-state index is -0.0874. The number of ether oxygens (including phenoxy) is 1. The van der Waals surface area contributed by atoms with E-state index in [2.05, 4.69) is 0 Å². The standard InChI is InChI=1S/C18H17Cl2NO2/c19-15-7-4-8-16(20)14(15)11-18(22)21-9-10-23-17(12-21)13-5-2-1-3-6-13/h1-8,17H,9-12H2. The van der Waals surface area contributed by atoms with Crippen molar-refractivity contribution in [3.8, 4) is 0 Å². The molecule has 1 fully saturated rings. The van der Waals surface area contributed by atoms with Gasteiger partial charge in [0.05, 0.1) is 19.6 Å². The quantitative estimate of drug-likeness (QED) is 0.833. The molecule has 0 radical (unpaired) electrons. The predicted octanol–water partition coefficient (Wildman–Crippen LogP) is 4.14. The Morgan fingerprint density at radius 3 is 2.48 bits per heavy atom. The van der Waals surface area contributed by atoms with Crippen molar-refractivity contribution in [3.05, 3.63) is 69.7 Å². The van der Waals surface area contributed by atoms with Crippen molar-refractivity contribution in [1.29, 1.82) is 0 Å². The fourth-order valence-corrected chi connectivity index (χ4v) is 3.24. The number of hydrogen-bond acceptors (Lipinski definition) is 2. The molecule has 0 aliphatic carbocycles. The summed E-state index contributed by atoms with van der Waals surface area (Å²) < 4.78 is 5.80. The average Bonchev–Trinajstić information content (AvgIpc) is 2.59. The summed E-state index contributed by atoms with van der Waals surface area (Å²) in [7, 11) is 0. The molecule has 5 heteroatoms. The van der Waals surface area contributed by atoms with E-state index in [4.69, 9.17) is 27.9 Å². The lowest BCUT2D eigenvalue weighted by Crippen LogP contribution is -2.43. The molecule has 0 N–H and O–H groups in total. The van der Waals surface area contributed by atoms with Gasteiger partial charge in [0.15, 0.2) is 0 Å². The van der Waals surface area contributed by atoms with E-state index in [-0.39, 0.29) is 18.4 Å². The summed E-state index contributed by atoms with van der Waals surface area (Å²) in [5.74, 6) is 0.0178. The molecule has 1 saturated heterocycles. The lowest BCUT2D eigenvalue weighted by molar-refractivity contribution is -0.138. The molecule has 3 nitrogen and oxygen atoms in total. The van der Waals surface area contributed by atoms with Crippen LogP contribution in [0.4, 0.5) is 0 Å². The van der Waals surface area contributed by atoms with Crippen molar-refractivity contribution in [3.63, 3.8) is 0 Å². The third kappa shape index (κ3) is 3.86. The Morgan fingerprint density at radius 1 is 1.09 bits per heavy atom. The van der Waals surface area contributed by atoms with Crippen LogP contribution in [0.5, 0.6) is 0 Å². The third-order valence-corrected chi connectivity index (χ3v) is 4.69. The highest BCUT2D eigenvalue weighted by atomic mass is 35.5. The topological polar surface area (TPSA) is 29.5 Å². The number of morpholine rings is 1. The lowest BCUT2D eigenvalue weighted by atomic mass is 10.1. The Balaban J connectivity index is 1.70. The van der Waals surface area contributed by atoms with Gasteiger partial charge in [-0.1, -0.05) is 59.6 Å². The van der Waals surface area contributed by atoms with Gasteiger partial charge < -0.3 is 9.64 Å². The fourth-order valence-electron chi connectivity index (χ4n) is 2.71. The highest BCUT2D eigenvalue weighted by Gasteiger charge is 2.26. The summed E-state index contributed by atoms with van der Waals surface area (Å²) in [6.07, 6.45) is 0.121. The zero-order chi connectivity index (χ0) is 16.2. The minimum absolute atomic E-state index is 0.0178. The maximum Gasteiger partial charge on any atom is 0.227 e. The maximum absolute atomic E-state index is 12.6. The minimum Gasteiger partial charge on any atom is -0.370 e. The first-order valence-corrected chi connectivity index (χ1v) is 8.28. The first-order valence-electron chi connectivity index (χ1n) is 7.52. The van der Waals surface area contributed by atoms with Gasteiger partial charge in [-0.05, 0) is 23.3 Å². The number of amides is 1. The van der Waals surface area contributed by atoms with Gasteiger partial charge in [0.25, 0.3) is 0 Å². The zero-order valence-electron chi connectivity index (χ0n) is 12.5. The van der Waals surface area contributed by atoms with Gasteiger partial charge in [0, 0.05) is 16.6 Å². The summed E-state index contributed by atoms with van der Waals surface area (Å²) in [4.78, 5) is 14.4. The zero-order valence-corrected chi connectivity index (χ0v) is 14.1. The molecule has 1 unspecified atom stereocenters. The van der Waals surface area contributed by atoms with E-state index in [0.717, 1.165) is 5.56 Å². The van der Waals surface area contributed by atoms with Crippen LogP contribution in [0.25, 0.3) is 0 Å². The van der Waals surface area contributed by atoms with Crippen LogP contribution < -0.4 is 0 Å². The van der Waals surface area contributed by atoms with Gasteiger partial charge in [-0.15, -0.1) is 0 Å². The van der Waals surface area contributed by atoms with E-state index in [0.29, 0.717) is 35.3 Å². The molecule has 1 aliphatic rings. The van der Waals surface area contributed by atoms with Gasteiger partial charge >= 0.3 is 0 Å². The Labute approximate surface area is 145 Å². The summed E-state index contributed by atoms with van der Waals surface area (Å²) in [5, 5.41) is 1.05. The van der Waals surface area contributed by atoms with Crippen molar-refractivity contribution in [2.45, 2.75) is 12.5 Å². The number of rotatable bonds is 3. The average molecular weight is 350 g/mol. The first-order chi connectivity index (χ1) is 11.1. The number of nitrogens with zero attached hydrogens (tertiary/aromatic N) is 1. The van der Waals surface area contributed by atoms with Crippen LogP contribution in [0.3, 0.4) is 0 Å². The predicted molar refractivity (Wildman–Crippen MR) is 91.9 cm³/mol. The molecule has 120 valence electrons. The van der Waals surface area contributed by atoms with Crippen molar-refractivity contribution < 1.29 is 9.53 Å². The normalized spacial score (nSPS) is 18.0. The van der Waals surface area contributed by atoms with Crippen LogP contribution in [0.15, 0.2) is 48.5 Å². The Hall–Kier alpha value is -1.55. The fraction of sp³-hybridized carbons (Fsp3) is 0.278. The SMILES string of the molecule is O=C(Cc1c(Cl)cccc1Cl)N1CCOC(c2ccccc2)C1. The van der Waals surface area contributed by atoms with E-state index < -0.39 is 0 Å². The van der Waals surface area contributed by atoms with E-state index in [1.165, 1.54) is 0 Å². The van der Waals surface area contributed by atoms with Crippen LogP contribution >= 0.6 is 23.2 Å². The molecule has 0 spiro atoms. The van der Waals surface area contributed by atoms with Crippen molar-refractivity contribution >= 4 is 29.1 Å². The summed E-state index contributed by atoms with van der Waals surface area (Å²) in [6.45, 7) is 1.66. The molecule has 1 amide bonds. The largest absolute Gasteiger partial charge is 0.370 e. The number of halogens is 2. The highest BCUT2D eigenvalue weighted by Crippen LogP contribution is 2.27. The maximum atomic E-state index is 12.6. The number of benzene rings is 2. The highest BCUT2D eigenvalue weighted by molar-refractivity contribution is 6.36. The molecule has 2 aromatic carbocycles. The van der Waals surface area contributed by atoms with Crippen LogP contribution in [0, 0.1) is 0 Å². The van der Waals surface area contributed by atoms with Crippen molar-refractivity contribution in [2.75, 3.05) is 19.7 Å². The molecular formula is C18H17Cl2NO2. The molecular weight excluding hydrogens is 333 g/mol. The molecule has 1 aliphatic heterocycles. The van der Waals surface area contributed by atoms with Gasteiger partial charge in [-0.3, -0.25) is 4.79 Å². The Kier molecular flexibility index (Phi) is 5.21. The first kappa shape index (κ1) is 16.3. The molecule has 0 bridgehead atoms. The second-order valence-electron chi connectivity index (χ2n) is 5.49.